The molecular weight excluding hydrogens is 158 g/mol. The Hall–Kier alpha value is -0.610. The second-order valence-electron chi connectivity index (χ2n) is 3.63. The van der Waals surface area contributed by atoms with Crippen LogP contribution in [0.5, 0.6) is 0 Å². The van der Waals surface area contributed by atoms with Crippen molar-refractivity contribution in [3.63, 3.8) is 0 Å². The normalized spacial score (nSPS) is 14.3. The van der Waals surface area contributed by atoms with Crippen LogP contribution in [-0.4, -0.2) is 29.3 Å². The molecule has 12 heavy (non-hydrogen) atoms. The van der Waals surface area contributed by atoms with Crippen molar-refractivity contribution in [2.75, 3.05) is 6.54 Å². The van der Waals surface area contributed by atoms with Crippen LogP contribution in [0.2, 0.25) is 0 Å². The number of hydrogen-bond donors (Lipinski definition) is 2. The van der Waals surface area contributed by atoms with E-state index in [1.54, 1.807) is 0 Å². The average Bonchev–Trinajstić information content (AvgIpc) is 1.83. The van der Waals surface area contributed by atoms with Gasteiger partial charge in [-0.05, 0) is 33.7 Å². The monoisotopic (exact) mass is 175 g/mol. The van der Waals surface area contributed by atoms with E-state index in [-0.39, 0.29) is 0 Å². The molecule has 0 aromatic rings. The van der Waals surface area contributed by atoms with Crippen LogP contribution in [0.3, 0.4) is 0 Å². The first-order valence-electron chi connectivity index (χ1n) is 3.97. The molecule has 0 aliphatic heterocycles. The van der Waals surface area contributed by atoms with Gasteiger partial charge in [0.05, 0.1) is 5.60 Å². The molecule has 72 valence electrons. The minimum atomic E-state index is -0.949. The van der Waals surface area contributed by atoms with E-state index in [0.29, 0.717) is 13.0 Å². The van der Waals surface area contributed by atoms with E-state index in [9.17, 15) is 4.79 Å². The second kappa shape index (κ2) is 4.42. The number of nitrogens with two attached hydrogens (primary N) is 1. The van der Waals surface area contributed by atoms with Crippen LogP contribution in [0.1, 0.15) is 27.2 Å². The van der Waals surface area contributed by atoms with Crippen LogP contribution in [0.4, 0.5) is 0 Å². The molecule has 0 bridgehead atoms. The SMILES string of the molecule is CC(C)(C)O[C@@H](CCN)C(=O)O. The van der Waals surface area contributed by atoms with Crippen LogP contribution in [0.25, 0.3) is 0 Å². The molecule has 0 aromatic heterocycles. The summed E-state index contributed by atoms with van der Waals surface area (Å²) in [6.45, 7) is 5.78. The molecular formula is C8H17NO3. The van der Waals surface area contributed by atoms with Gasteiger partial charge in [0.1, 0.15) is 0 Å². The standard InChI is InChI=1S/C8H17NO3/c1-8(2,3)12-6(4-5-9)7(10)11/h6H,4-5,9H2,1-3H3,(H,10,11)/t6-/m0/s1. The Balaban J connectivity index is 4.05. The zero-order chi connectivity index (χ0) is 9.78. The third-order valence-electron chi connectivity index (χ3n) is 1.20. The van der Waals surface area contributed by atoms with Crippen LogP contribution in [0, 0.1) is 0 Å². The third kappa shape index (κ3) is 5.09. The summed E-state index contributed by atoms with van der Waals surface area (Å²) in [6, 6.07) is 0. The number of hydrogen-bond acceptors (Lipinski definition) is 3. The molecule has 0 saturated carbocycles. The summed E-state index contributed by atoms with van der Waals surface area (Å²) in [7, 11) is 0. The molecule has 4 heteroatoms. The van der Waals surface area contributed by atoms with Crippen LogP contribution >= 0.6 is 0 Å². The van der Waals surface area contributed by atoms with Crippen molar-refractivity contribution in [3.05, 3.63) is 0 Å². The first kappa shape index (κ1) is 11.4. The second-order valence-corrected chi connectivity index (χ2v) is 3.63. The van der Waals surface area contributed by atoms with E-state index in [1.165, 1.54) is 0 Å². The van der Waals surface area contributed by atoms with Crippen molar-refractivity contribution in [2.45, 2.75) is 38.9 Å². The van der Waals surface area contributed by atoms with E-state index in [2.05, 4.69) is 0 Å². The number of ether oxygens (including phenoxy) is 1. The lowest BCUT2D eigenvalue weighted by molar-refractivity contribution is -0.160. The molecule has 0 spiro atoms. The molecule has 1 atom stereocenters. The summed E-state index contributed by atoms with van der Waals surface area (Å²) in [6.07, 6.45) is -0.429. The van der Waals surface area contributed by atoms with Gasteiger partial charge in [-0.25, -0.2) is 4.79 Å². The van der Waals surface area contributed by atoms with Gasteiger partial charge >= 0.3 is 5.97 Å². The van der Waals surface area contributed by atoms with Gasteiger partial charge in [0, 0.05) is 0 Å². The van der Waals surface area contributed by atoms with Crippen molar-refractivity contribution in [1.29, 1.82) is 0 Å². The van der Waals surface area contributed by atoms with Crippen molar-refractivity contribution in [3.8, 4) is 0 Å². The summed E-state index contributed by atoms with van der Waals surface area (Å²) in [5, 5.41) is 8.69. The summed E-state index contributed by atoms with van der Waals surface area (Å²) < 4.78 is 5.26. The largest absolute Gasteiger partial charge is 0.479 e. The minimum absolute atomic E-state index is 0.326. The third-order valence-corrected chi connectivity index (χ3v) is 1.20. The number of aliphatic carboxylic acids is 1. The molecule has 0 aromatic carbocycles. The van der Waals surface area contributed by atoms with Gasteiger partial charge in [-0.3, -0.25) is 0 Å². The summed E-state index contributed by atoms with van der Waals surface area (Å²) in [5.41, 5.74) is 4.81. The van der Waals surface area contributed by atoms with Gasteiger partial charge in [0.15, 0.2) is 6.10 Å². The maximum atomic E-state index is 10.6. The lowest BCUT2D eigenvalue weighted by Gasteiger charge is -2.24. The maximum Gasteiger partial charge on any atom is 0.332 e. The molecule has 0 aliphatic rings. The summed E-state index contributed by atoms with van der Waals surface area (Å²) in [5.74, 6) is -0.949. The van der Waals surface area contributed by atoms with Crippen molar-refractivity contribution >= 4 is 5.97 Å². The van der Waals surface area contributed by atoms with E-state index < -0.39 is 17.7 Å². The van der Waals surface area contributed by atoms with E-state index >= 15 is 0 Å². The van der Waals surface area contributed by atoms with E-state index in [4.69, 9.17) is 15.6 Å². The molecule has 3 N–H and O–H groups in total. The van der Waals surface area contributed by atoms with E-state index in [1.807, 2.05) is 20.8 Å². The minimum Gasteiger partial charge on any atom is -0.479 e. The average molecular weight is 175 g/mol. The van der Waals surface area contributed by atoms with E-state index in [0.717, 1.165) is 0 Å². The Morgan fingerprint density at radius 1 is 1.58 bits per heavy atom. The molecule has 0 aliphatic carbocycles. The maximum absolute atomic E-state index is 10.6. The molecule has 0 unspecified atom stereocenters. The highest BCUT2D eigenvalue weighted by molar-refractivity contribution is 5.72. The van der Waals surface area contributed by atoms with Gasteiger partial charge < -0.3 is 15.6 Å². The molecule has 0 saturated heterocycles. The van der Waals surface area contributed by atoms with Crippen LogP contribution in [-0.2, 0) is 9.53 Å². The quantitative estimate of drug-likeness (QED) is 0.656. The van der Waals surface area contributed by atoms with Gasteiger partial charge in [0.25, 0.3) is 0 Å². The fourth-order valence-corrected chi connectivity index (χ4v) is 0.811. The molecule has 0 radical (unpaired) electrons. The van der Waals surface area contributed by atoms with Gasteiger partial charge in [-0.1, -0.05) is 0 Å². The molecule has 0 rings (SSSR count). The van der Waals surface area contributed by atoms with Crippen molar-refractivity contribution in [2.24, 2.45) is 5.73 Å². The van der Waals surface area contributed by atoms with Crippen LogP contribution in [0.15, 0.2) is 0 Å². The Kier molecular flexibility index (Phi) is 4.20. The van der Waals surface area contributed by atoms with Crippen LogP contribution < -0.4 is 5.73 Å². The highest BCUT2D eigenvalue weighted by atomic mass is 16.5. The molecule has 0 fully saturated rings. The lowest BCUT2D eigenvalue weighted by Crippen LogP contribution is -2.34. The first-order valence-corrected chi connectivity index (χ1v) is 3.97. The lowest BCUT2D eigenvalue weighted by atomic mass is 10.1. The highest BCUT2D eigenvalue weighted by Crippen LogP contribution is 2.12. The van der Waals surface area contributed by atoms with Crippen molar-refractivity contribution < 1.29 is 14.6 Å². The molecule has 0 heterocycles. The molecule has 4 nitrogen and oxygen atoms in total. The Bertz CT molecular complexity index is 151. The Labute approximate surface area is 72.7 Å². The Morgan fingerprint density at radius 2 is 2.08 bits per heavy atom. The zero-order valence-corrected chi connectivity index (χ0v) is 7.83. The van der Waals surface area contributed by atoms with Gasteiger partial charge in [-0.15, -0.1) is 0 Å². The highest BCUT2D eigenvalue weighted by Gasteiger charge is 2.23. The topological polar surface area (TPSA) is 72.5 Å². The predicted octanol–water partition coefficient (Wildman–Crippen LogP) is 0.603. The first-order chi connectivity index (χ1) is 5.37. The number of carbonyl (C=O) groups is 1. The zero-order valence-electron chi connectivity index (χ0n) is 7.83. The predicted molar refractivity (Wildman–Crippen MR) is 45.9 cm³/mol. The number of carboxylic acid groups (broad SMARTS) is 1. The smallest absolute Gasteiger partial charge is 0.332 e. The Morgan fingerprint density at radius 3 is 2.33 bits per heavy atom. The van der Waals surface area contributed by atoms with Crippen molar-refractivity contribution in [1.82, 2.24) is 0 Å². The van der Waals surface area contributed by atoms with Gasteiger partial charge in [0.2, 0.25) is 0 Å². The molecule has 0 amide bonds. The number of carboxylic acids is 1. The summed E-state index contributed by atoms with van der Waals surface area (Å²) in [4.78, 5) is 10.6. The fourth-order valence-electron chi connectivity index (χ4n) is 0.811. The summed E-state index contributed by atoms with van der Waals surface area (Å²) >= 11 is 0. The number of rotatable bonds is 4. The fraction of sp³-hybridized carbons (Fsp3) is 0.875. The van der Waals surface area contributed by atoms with Gasteiger partial charge in [-0.2, -0.15) is 0 Å².